The van der Waals surface area contributed by atoms with E-state index < -0.39 is 15.9 Å². The van der Waals surface area contributed by atoms with Gasteiger partial charge in [0, 0.05) is 25.2 Å². The minimum atomic E-state index is -3.76. The zero-order valence-electron chi connectivity index (χ0n) is 18.3. The number of carbonyl (C=O) groups excluding carboxylic acids is 1. The Balaban J connectivity index is 1.30. The fourth-order valence-electron chi connectivity index (χ4n) is 4.05. The van der Waals surface area contributed by atoms with Gasteiger partial charge in [0.2, 0.25) is 5.09 Å². The Labute approximate surface area is 195 Å². The first-order valence-electron chi connectivity index (χ1n) is 11.0. The molecule has 176 valence electrons. The summed E-state index contributed by atoms with van der Waals surface area (Å²) in [5.41, 5.74) is 2.37. The third-order valence-electron chi connectivity index (χ3n) is 5.82. The van der Waals surface area contributed by atoms with E-state index in [9.17, 15) is 17.6 Å². The number of sulfonamides is 1. The lowest BCUT2D eigenvalue weighted by molar-refractivity contribution is 0.0991. The minimum Gasteiger partial charge on any atom is -0.438 e. The van der Waals surface area contributed by atoms with E-state index in [1.54, 1.807) is 36.4 Å². The summed E-state index contributed by atoms with van der Waals surface area (Å²) in [5.74, 6) is -0.357. The SMILES string of the molecule is O=C(Nc1ccc2nc(Cc3ccccc3F)[nH]c2c1)c1ccc(S(=O)(=O)N2CCCCC2)o1. The van der Waals surface area contributed by atoms with Crippen LogP contribution >= 0.6 is 0 Å². The molecule has 0 radical (unpaired) electrons. The summed E-state index contributed by atoms with van der Waals surface area (Å²) in [6.45, 7) is 0.904. The molecule has 1 saturated heterocycles. The van der Waals surface area contributed by atoms with Gasteiger partial charge in [-0.3, -0.25) is 4.79 Å². The summed E-state index contributed by atoms with van der Waals surface area (Å²) in [4.78, 5) is 20.3. The van der Waals surface area contributed by atoms with Crippen molar-refractivity contribution < 1.29 is 22.0 Å². The number of H-pyrrole nitrogens is 1. The van der Waals surface area contributed by atoms with Crippen LogP contribution in [0.15, 0.2) is 64.1 Å². The summed E-state index contributed by atoms with van der Waals surface area (Å²) >= 11 is 0. The average molecular weight is 483 g/mol. The normalized spacial score (nSPS) is 15.0. The van der Waals surface area contributed by atoms with Gasteiger partial charge in [-0.25, -0.2) is 17.8 Å². The number of nitrogens with zero attached hydrogens (tertiary/aromatic N) is 2. The molecule has 4 aromatic rings. The second-order valence-electron chi connectivity index (χ2n) is 8.22. The predicted molar refractivity (Wildman–Crippen MR) is 125 cm³/mol. The summed E-state index contributed by atoms with van der Waals surface area (Å²) in [6, 6.07) is 14.3. The molecule has 1 aliphatic heterocycles. The van der Waals surface area contributed by atoms with Crippen LogP contribution in [0.1, 0.15) is 41.2 Å². The highest BCUT2D eigenvalue weighted by atomic mass is 32.2. The van der Waals surface area contributed by atoms with Crippen molar-refractivity contribution in [1.29, 1.82) is 0 Å². The van der Waals surface area contributed by atoms with Crippen molar-refractivity contribution in [3.8, 4) is 0 Å². The number of furan rings is 1. The van der Waals surface area contributed by atoms with Crippen LogP contribution in [-0.4, -0.2) is 41.7 Å². The maximum Gasteiger partial charge on any atom is 0.291 e. The Morgan fingerprint density at radius 1 is 1.09 bits per heavy atom. The highest BCUT2D eigenvalue weighted by Crippen LogP contribution is 2.24. The fourth-order valence-corrected chi connectivity index (χ4v) is 5.48. The van der Waals surface area contributed by atoms with Crippen LogP contribution in [0.5, 0.6) is 0 Å². The number of benzene rings is 2. The number of rotatable bonds is 6. The van der Waals surface area contributed by atoms with Crippen molar-refractivity contribution in [2.24, 2.45) is 0 Å². The van der Waals surface area contributed by atoms with Crippen LogP contribution in [0, 0.1) is 5.82 Å². The van der Waals surface area contributed by atoms with Gasteiger partial charge >= 0.3 is 0 Å². The Hall–Kier alpha value is -3.50. The molecule has 1 aliphatic rings. The lowest BCUT2D eigenvalue weighted by atomic mass is 10.1. The molecular formula is C24H23FN4O4S. The maximum absolute atomic E-state index is 13.9. The molecule has 2 N–H and O–H groups in total. The number of nitrogens with one attached hydrogen (secondary N) is 2. The molecule has 0 bridgehead atoms. The Morgan fingerprint density at radius 2 is 1.88 bits per heavy atom. The second kappa shape index (κ2) is 9.03. The molecule has 0 atom stereocenters. The predicted octanol–water partition coefficient (Wildman–Crippen LogP) is 4.31. The van der Waals surface area contributed by atoms with E-state index in [0.29, 0.717) is 47.6 Å². The third-order valence-corrected chi connectivity index (χ3v) is 7.59. The van der Waals surface area contributed by atoms with E-state index in [1.165, 1.54) is 22.5 Å². The van der Waals surface area contributed by atoms with Crippen molar-refractivity contribution in [2.75, 3.05) is 18.4 Å². The van der Waals surface area contributed by atoms with E-state index in [1.807, 2.05) is 0 Å². The highest BCUT2D eigenvalue weighted by Gasteiger charge is 2.29. The van der Waals surface area contributed by atoms with Crippen molar-refractivity contribution in [2.45, 2.75) is 30.8 Å². The topological polar surface area (TPSA) is 108 Å². The first-order chi connectivity index (χ1) is 16.4. The van der Waals surface area contributed by atoms with Gasteiger partial charge in [0.25, 0.3) is 15.9 Å². The molecule has 2 aromatic heterocycles. The van der Waals surface area contributed by atoms with Crippen molar-refractivity contribution >= 4 is 32.7 Å². The Bertz CT molecular complexity index is 1450. The number of fused-ring (bicyclic) bond motifs is 1. The number of hydrogen-bond acceptors (Lipinski definition) is 5. The molecule has 0 saturated carbocycles. The number of aromatic nitrogens is 2. The molecular weight excluding hydrogens is 459 g/mol. The summed E-state index contributed by atoms with van der Waals surface area (Å²) in [6.07, 6.45) is 2.93. The number of hydrogen-bond donors (Lipinski definition) is 2. The number of carbonyl (C=O) groups is 1. The van der Waals surface area contributed by atoms with Crippen LogP contribution in [0.25, 0.3) is 11.0 Å². The van der Waals surface area contributed by atoms with Crippen molar-refractivity contribution in [3.05, 3.63) is 77.6 Å². The fraction of sp³-hybridized carbons (Fsp3) is 0.250. The van der Waals surface area contributed by atoms with Gasteiger partial charge in [-0.05, 0) is 54.8 Å². The molecule has 0 unspecified atom stereocenters. The molecule has 5 rings (SSSR count). The summed E-state index contributed by atoms with van der Waals surface area (Å²) < 4.78 is 46.2. The molecule has 2 aromatic carbocycles. The standard InChI is InChI=1S/C24H23FN4O4S/c25-18-7-3-2-6-16(18)14-22-27-19-9-8-17(15-20(19)28-22)26-24(30)21-10-11-23(33-21)34(31,32)29-12-4-1-5-13-29/h2-3,6-11,15H,1,4-5,12-14H2,(H,26,30)(H,27,28). The van der Waals surface area contributed by atoms with Gasteiger partial charge in [0.1, 0.15) is 11.6 Å². The number of anilines is 1. The van der Waals surface area contributed by atoms with E-state index in [4.69, 9.17) is 4.42 Å². The lowest BCUT2D eigenvalue weighted by Crippen LogP contribution is -2.35. The molecule has 1 amide bonds. The molecule has 8 nitrogen and oxygen atoms in total. The van der Waals surface area contributed by atoms with Crippen LogP contribution in [-0.2, 0) is 16.4 Å². The van der Waals surface area contributed by atoms with Gasteiger partial charge in [-0.15, -0.1) is 0 Å². The zero-order chi connectivity index (χ0) is 23.7. The van der Waals surface area contributed by atoms with E-state index in [-0.39, 0.29) is 16.7 Å². The van der Waals surface area contributed by atoms with E-state index >= 15 is 0 Å². The van der Waals surface area contributed by atoms with E-state index in [0.717, 1.165) is 19.3 Å². The average Bonchev–Trinajstić information content (AvgIpc) is 3.49. The second-order valence-corrected chi connectivity index (χ2v) is 10.1. The van der Waals surface area contributed by atoms with Crippen LogP contribution in [0.3, 0.4) is 0 Å². The molecule has 0 aliphatic carbocycles. The quantitative estimate of drug-likeness (QED) is 0.426. The largest absolute Gasteiger partial charge is 0.438 e. The number of aromatic amines is 1. The van der Waals surface area contributed by atoms with Crippen molar-refractivity contribution in [1.82, 2.24) is 14.3 Å². The molecule has 3 heterocycles. The Kier molecular flexibility index (Phi) is 5.93. The monoisotopic (exact) mass is 482 g/mol. The van der Waals surface area contributed by atoms with E-state index in [2.05, 4.69) is 15.3 Å². The smallest absolute Gasteiger partial charge is 0.291 e. The van der Waals surface area contributed by atoms with Gasteiger partial charge in [-0.2, -0.15) is 4.31 Å². The Morgan fingerprint density at radius 3 is 2.68 bits per heavy atom. The minimum absolute atomic E-state index is 0.0967. The number of imidazole rings is 1. The lowest BCUT2D eigenvalue weighted by Gasteiger charge is -2.24. The summed E-state index contributed by atoms with van der Waals surface area (Å²) in [5, 5.41) is 2.48. The van der Waals surface area contributed by atoms with Crippen LogP contribution in [0.4, 0.5) is 10.1 Å². The number of amides is 1. The van der Waals surface area contributed by atoms with Gasteiger partial charge in [-0.1, -0.05) is 24.6 Å². The summed E-state index contributed by atoms with van der Waals surface area (Å²) in [7, 11) is -3.76. The highest BCUT2D eigenvalue weighted by molar-refractivity contribution is 7.89. The van der Waals surface area contributed by atoms with Crippen LogP contribution < -0.4 is 5.32 Å². The maximum atomic E-state index is 13.9. The number of piperidine rings is 1. The van der Waals surface area contributed by atoms with Crippen molar-refractivity contribution in [3.63, 3.8) is 0 Å². The molecule has 1 fully saturated rings. The van der Waals surface area contributed by atoms with Gasteiger partial charge in [0.05, 0.1) is 11.0 Å². The molecule has 0 spiro atoms. The zero-order valence-corrected chi connectivity index (χ0v) is 19.1. The van der Waals surface area contributed by atoms with Gasteiger partial charge < -0.3 is 14.7 Å². The first-order valence-corrected chi connectivity index (χ1v) is 12.5. The number of halogens is 1. The molecule has 10 heteroatoms. The molecule has 34 heavy (non-hydrogen) atoms. The van der Waals surface area contributed by atoms with Gasteiger partial charge in [0.15, 0.2) is 5.76 Å². The first kappa shape index (κ1) is 22.3. The van der Waals surface area contributed by atoms with Crippen LogP contribution in [0.2, 0.25) is 0 Å². The third kappa shape index (κ3) is 4.46.